The van der Waals surface area contributed by atoms with Gasteiger partial charge >= 0.3 is 5.97 Å². The van der Waals surface area contributed by atoms with Crippen LogP contribution < -0.4 is 5.73 Å². The number of carbonyl (C=O) groups is 2. The lowest BCUT2D eigenvalue weighted by molar-refractivity contribution is -0.143. The minimum atomic E-state index is -1.01. The van der Waals surface area contributed by atoms with Crippen LogP contribution in [-0.4, -0.2) is 38.5 Å². The van der Waals surface area contributed by atoms with E-state index in [2.05, 4.69) is 15.1 Å². The number of para-hydroxylation sites is 1. The van der Waals surface area contributed by atoms with Crippen LogP contribution in [0.1, 0.15) is 12.6 Å². The van der Waals surface area contributed by atoms with Gasteiger partial charge in [-0.2, -0.15) is 0 Å². The molecule has 0 spiro atoms. The molecule has 0 saturated carbocycles. The zero-order chi connectivity index (χ0) is 19.4. The standard InChI is InChI=1S/C16H14N4O4S3/c1-8(13(21)22)6-24-20-12(10-7-25-15(17)18-10)14(23)27-16-19-9-4-2-3-5-11(9)26-16/h2-5,7-8H,6H2,1H3,(H2,17,18)(H,21,22). The maximum absolute atomic E-state index is 12.7. The summed E-state index contributed by atoms with van der Waals surface area (Å²) < 4.78 is 1.53. The molecule has 0 fully saturated rings. The number of hydrogen-bond donors (Lipinski definition) is 2. The molecule has 27 heavy (non-hydrogen) atoms. The van der Waals surface area contributed by atoms with Crippen molar-refractivity contribution in [1.82, 2.24) is 9.97 Å². The highest BCUT2D eigenvalue weighted by atomic mass is 32.2. The number of nitrogens with zero attached hydrogens (tertiary/aromatic N) is 3. The molecule has 1 unspecified atom stereocenters. The number of aromatic nitrogens is 2. The van der Waals surface area contributed by atoms with Gasteiger partial charge in [0.15, 0.2) is 15.2 Å². The third-order valence-corrected chi connectivity index (χ3v) is 5.96. The lowest BCUT2D eigenvalue weighted by Gasteiger charge is -2.05. The van der Waals surface area contributed by atoms with Gasteiger partial charge in [-0.15, -0.1) is 22.7 Å². The Morgan fingerprint density at radius 3 is 2.81 bits per heavy atom. The smallest absolute Gasteiger partial charge is 0.309 e. The van der Waals surface area contributed by atoms with E-state index in [1.54, 1.807) is 5.38 Å². The molecule has 3 rings (SSSR count). The van der Waals surface area contributed by atoms with Crippen LogP contribution in [0, 0.1) is 5.92 Å². The molecule has 0 aliphatic heterocycles. The van der Waals surface area contributed by atoms with E-state index in [1.807, 2.05) is 24.3 Å². The fourth-order valence-corrected chi connectivity index (χ4v) is 4.34. The summed E-state index contributed by atoms with van der Waals surface area (Å²) >= 11 is 3.47. The van der Waals surface area contributed by atoms with E-state index in [0.717, 1.165) is 22.0 Å². The number of thioether (sulfide) groups is 1. The Morgan fingerprint density at radius 2 is 2.15 bits per heavy atom. The number of hydrogen-bond acceptors (Lipinski definition) is 10. The van der Waals surface area contributed by atoms with E-state index < -0.39 is 17.0 Å². The van der Waals surface area contributed by atoms with Gasteiger partial charge in [0.1, 0.15) is 12.3 Å². The third-order valence-electron chi connectivity index (χ3n) is 3.31. The molecule has 8 nitrogen and oxygen atoms in total. The number of fused-ring (bicyclic) bond motifs is 1. The first-order chi connectivity index (χ1) is 12.9. The zero-order valence-electron chi connectivity index (χ0n) is 14.0. The molecule has 0 aliphatic carbocycles. The Kier molecular flexibility index (Phi) is 6.04. The Bertz CT molecular complexity index is 981. The second kappa shape index (κ2) is 8.46. The number of carboxylic acid groups (broad SMARTS) is 1. The van der Waals surface area contributed by atoms with Crippen molar-refractivity contribution in [3.63, 3.8) is 0 Å². The van der Waals surface area contributed by atoms with Gasteiger partial charge in [0.25, 0.3) is 0 Å². The van der Waals surface area contributed by atoms with Gasteiger partial charge in [0.05, 0.1) is 16.1 Å². The summed E-state index contributed by atoms with van der Waals surface area (Å²) in [4.78, 5) is 37.2. The highest BCUT2D eigenvalue weighted by molar-refractivity contribution is 8.16. The zero-order valence-corrected chi connectivity index (χ0v) is 16.4. The van der Waals surface area contributed by atoms with Crippen LogP contribution in [0.3, 0.4) is 0 Å². The second-order valence-electron chi connectivity index (χ2n) is 5.38. The maximum Gasteiger partial charge on any atom is 0.309 e. The summed E-state index contributed by atoms with van der Waals surface area (Å²) in [7, 11) is 0. The van der Waals surface area contributed by atoms with E-state index in [-0.39, 0.29) is 23.1 Å². The highest BCUT2D eigenvalue weighted by Crippen LogP contribution is 2.30. The van der Waals surface area contributed by atoms with Crippen LogP contribution in [-0.2, 0) is 14.4 Å². The van der Waals surface area contributed by atoms with Crippen molar-refractivity contribution in [2.24, 2.45) is 11.1 Å². The van der Waals surface area contributed by atoms with E-state index in [1.165, 1.54) is 29.6 Å². The van der Waals surface area contributed by atoms with Crippen molar-refractivity contribution in [3.8, 4) is 0 Å². The van der Waals surface area contributed by atoms with Gasteiger partial charge in [-0.05, 0) is 30.8 Å². The van der Waals surface area contributed by atoms with Crippen molar-refractivity contribution in [1.29, 1.82) is 0 Å². The molecule has 3 aromatic rings. The number of rotatable bonds is 7. The molecule has 3 N–H and O–H groups in total. The summed E-state index contributed by atoms with van der Waals surface area (Å²) in [5, 5.41) is 14.2. The predicted molar refractivity (Wildman–Crippen MR) is 106 cm³/mol. The maximum atomic E-state index is 12.7. The summed E-state index contributed by atoms with van der Waals surface area (Å²) in [5.74, 6) is -1.78. The van der Waals surface area contributed by atoms with Gasteiger partial charge in [0.2, 0.25) is 5.12 Å². The Hall–Kier alpha value is -2.50. The predicted octanol–water partition coefficient (Wildman–Crippen LogP) is 3.10. The van der Waals surface area contributed by atoms with Gasteiger partial charge in [-0.1, -0.05) is 17.3 Å². The van der Waals surface area contributed by atoms with Crippen molar-refractivity contribution < 1.29 is 19.5 Å². The number of carboxylic acids is 1. The van der Waals surface area contributed by atoms with E-state index in [9.17, 15) is 9.59 Å². The average Bonchev–Trinajstić information content (AvgIpc) is 3.23. The number of aliphatic carboxylic acids is 1. The molecule has 1 atom stereocenters. The summed E-state index contributed by atoms with van der Waals surface area (Å²) in [6.45, 7) is 1.31. The lowest BCUT2D eigenvalue weighted by Crippen LogP contribution is -2.17. The highest BCUT2D eigenvalue weighted by Gasteiger charge is 2.22. The molecule has 0 aliphatic rings. The largest absolute Gasteiger partial charge is 0.481 e. The normalized spacial score (nSPS) is 12.9. The van der Waals surface area contributed by atoms with Crippen LogP contribution in [0.15, 0.2) is 39.1 Å². The first-order valence-electron chi connectivity index (χ1n) is 7.66. The van der Waals surface area contributed by atoms with E-state index >= 15 is 0 Å². The van der Waals surface area contributed by atoms with Crippen LogP contribution in [0.25, 0.3) is 10.2 Å². The van der Waals surface area contributed by atoms with E-state index in [0.29, 0.717) is 4.34 Å². The molecule has 0 saturated heterocycles. The molecular formula is C16H14N4O4S3. The minimum absolute atomic E-state index is 0.0372. The minimum Gasteiger partial charge on any atom is -0.481 e. The number of benzene rings is 1. The number of carbonyl (C=O) groups excluding carboxylic acids is 1. The van der Waals surface area contributed by atoms with Crippen LogP contribution in [0.5, 0.6) is 0 Å². The van der Waals surface area contributed by atoms with Crippen LogP contribution in [0.4, 0.5) is 5.13 Å². The molecule has 0 radical (unpaired) electrons. The third kappa shape index (κ3) is 4.81. The fourth-order valence-electron chi connectivity index (χ4n) is 1.89. The molecule has 2 heterocycles. The average molecular weight is 423 g/mol. The number of thiazole rings is 2. The van der Waals surface area contributed by atoms with Crippen LogP contribution >= 0.6 is 34.4 Å². The lowest BCUT2D eigenvalue weighted by atomic mass is 10.2. The number of nitrogens with two attached hydrogens (primary N) is 1. The molecule has 2 aromatic heterocycles. The van der Waals surface area contributed by atoms with Crippen LogP contribution in [0.2, 0.25) is 0 Å². The molecular weight excluding hydrogens is 408 g/mol. The number of oxime groups is 1. The second-order valence-corrected chi connectivity index (χ2v) is 8.52. The fraction of sp³-hybridized carbons (Fsp3) is 0.188. The number of anilines is 1. The summed E-state index contributed by atoms with van der Waals surface area (Å²) in [6, 6.07) is 7.57. The van der Waals surface area contributed by atoms with Crippen molar-refractivity contribution >= 4 is 66.6 Å². The van der Waals surface area contributed by atoms with Crippen molar-refractivity contribution in [2.75, 3.05) is 12.3 Å². The Morgan fingerprint density at radius 1 is 1.37 bits per heavy atom. The Labute approximate surface area is 166 Å². The SMILES string of the molecule is CC(CON=C(C(=O)Sc1nc2ccccc2s1)c1csc(N)n1)C(=O)O. The molecule has 0 amide bonds. The molecule has 0 bridgehead atoms. The Balaban J connectivity index is 1.80. The molecule has 1 aromatic carbocycles. The van der Waals surface area contributed by atoms with Gasteiger partial charge in [0, 0.05) is 5.38 Å². The number of nitrogen functional groups attached to an aromatic ring is 1. The van der Waals surface area contributed by atoms with E-state index in [4.69, 9.17) is 15.7 Å². The summed E-state index contributed by atoms with van der Waals surface area (Å²) in [6.07, 6.45) is 0. The summed E-state index contributed by atoms with van der Waals surface area (Å²) in [5.41, 5.74) is 6.69. The monoisotopic (exact) mass is 422 g/mol. The van der Waals surface area contributed by atoms with Crippen molar-refractivity contribution in [2.45, 2.75) is 11.3 Å². The van der Waals surface area contributed by atoms with Gasteiger partial charge in [-0.25, -0.2) is 9.97 Å². The quantitative estimate of drug-likeness (QED) is 0.338. The topological polar surface area (TPSA) is 128 Å². The first-order valence-corrected chi connectivity index (χ1v) is 10.2. The first kappa shape index (κ1) is 19.3. The molecule has 11 heteroatoms. The van der Waals surface area contributed by atoms with Gasteiger partial charge in [-0.3, -0.25) is 9.59 Å². The molecule has 140 valence electrons. The van der Waals surface area contributed by atoms with Gasteiger partial charge < -0.3 is 15.7 Å². The van der Waals surface area contributed by atoms with Crippen molar-refractivity contribution in [3.05, 3.63) is 35.3 Å².